The maximum atomic E-state index is 6.59. The molecule has 0 amide bonds. The largest absolute Gasteiger partial charge is 0.383 e. The lowest BCUT2D eigenvalue weighted by molar-refractivity contribution is 0.0828. The minimum Gasteiger partial charge on any atom is -0.383 e. The lowest BCUT2D eigenvalue weighted by Gasteiger charge is -2.41. The van der Waals surface area contributed by atoms with Gasteiger partial charge in [-0.05, 0) is 69.0 Å². The van der Waals surface area contributed by atoms with E-state index >= 15 is 0 Å². The van der Waals surface area contributed by atoms with Crippen molar-refractivity contribution in [2.24, 2.45) is 7.05 Å². The predicted octanol–water partition coefficient (Wildman–Crippen LogP) is 6.00. The standard InChI is InChI=1S/C32H38ClN9/c1-20-4-13-26-29(28(20)33)40(3)32(38-26)37-22-7-5-21(6-8-22)25-18-42(31-27(25)30(34)35-19-36-31)24-11-9-23(10-12-24)41-16-14-39(2)15-17-41/h4-8,13,18-19,23-24H,9-12,14-17H2,1-3H3,(H,37,38)(H2,34,35,36). The fourth-order valence-corrected chi connectivity index (χ4v) is 7.11. The molecule has 0 radical (unpaired) electrons. The first-order valence-corrected chi connectivity index (χ1v) is 15.3. The molecule has 42 heavy (non-hydrogen) atoms. The van der Waals surface area contributed by atoms with E-state index in [9.17, 15) is 0 Å². The van der Waals surface area contributed by atoms with Crippen LogP contribution in [0.2, 0.25) is 5.02 Å². The average Bonchev–Trinajstić information content (AvgIpc) is 3.55. The fraction of sp³-hybridized carbons (Fsp3) is 0.406. The number of aromatic nitrogens is 5. The lowest BCUT2D eigenvalue weighted by atomic mass is 9.89. The van der Waals surface area contributed by atoms with Gasteiger partial charge in [0.1, 0.15) is 17.8 Å². The third kappa shape index (κ3) is 4.79. The summed E-state index contributed by atoms with van der Waals surface area (Å²) in [5.41, 5.74) is 13.3. The van der Waals surface area contributed by atoms with Gasteiger partial charge in [0.05, 0.1) is 21.4 Å². The van der Waals surface area contributed by atoms with E-state index in [0.717, 1.165) is 68.3 Å². The molecule has 2 aromatic carbocycles. The number of hydrogen-bond acceptors (Lipinski definition) is 7. The van der Waals surface area contributed by atoms with Crippen LogP contribution in [0.4, 0.5) is 17.5 Å². The molecule has 9 nitrogen and oxygen atoms in total. The van der Waals surface area contributed by atoms with Crippen molar-refractivity contribution in [1.29, 1.82) is 0 Å². The molecule has 2 fully saturated rings. The highest BCUT2D eigenvalue weighted by molar-refractivity contribution is 6.35. The van der Waals surface area contributed by atoms with Crippen molar-refractivity contribution in [3.8, 4) is 11.1 Å². The molecule has 2 aliphatic rings. The molecule has 7 rings (SSSR count). The molecule has 0 bridgehead atoms. The highest BCUT2D eigenvalue weighted by Gasteiger charge is 2.30. The number of halogens is 1. The van der Waals surface area contributed by atoms with E-state index in [1.54, 1.807) is 6.33 Å². The van der Waals surface area contributed by atoms with E-state index in [0.29, 0.717) is 17.9 Å². The molecule has 3 aromatic heterocycles. The Hall–Kier alpha value is -3.66. The number of nitrogens with zero attached hydrogens (tertiary/aromatic N) is 7. The highest BCUT2D eigenvalue weighted by atomic mass is 35.5. The molecule has 0 spiro atoms. The second-order valence-electron chi connectivity index (χ2n) is 12.0. The second kappa shape index (κ2) is 10.9. The van der Waals surface area contributed by atoms with Crippen molar-refractivity contribution >= 4 is 51.1 Å². The van der Waals surface area contributed by atoms with E-state index in [4.69, 9.17) is 27.3 Å². The zero-order chi connectivity index (χ0) is 29.0. The molecule has 4 heterocycles. The van der Waals surface area contributed by atoms with Gasteiger partial charge in [0.25, 0.3) is 0 Å². The van der Waals surface area contributed by atoms with E-state index in [-0.39, 0.29) is 0 Å². The molecule has 1 saturated heterocycles. The molecule has 1 saturated carbocycles. The molecular weight excluding hydrogens is 546 g/mol. The Kier molecular flexibility index (Phi) is 7.04. The van der Waals surface area contributed by atoms with E-state index in [2.05, 4.69) is 62.2 Å². The third-order valence-electron chi connectivity index (χ3n) is 9.37. The fourth-order valence-electron chi connectivity index (χ4n) is 6.83. The Morgan fingerprint density at radius 2 is 1.62 bits per heavy atom. The van der Waals surface area contributed by atoms with Crippen LogP contribution in [-0.2, 0) is 7.05 Å². The lowest BCUT2D eigenvalue weighted by Crippen LogP contribution is -2.49. The molecule has 1 aliphatic heterocycles. The topological polar surface area (TPSA) is 93.1 Å². The van der Waals surface area contributed by atoms with Crippen molar-refractivity contribution in [2.75, 3.05) is 44.3 Å². The summed E-state index contributed by atoms with van der Waals surface area (Å²) in [5, 5.41) is 5.12. The van der Waals surface area contributed by atoms with Crippen LogP contribution in [-0.4, -0.2) is 73.2 Å². The first-order valence-electron chi connectivity index (χ1n) is 14.9. The van der Waals surface area contributed by atoms with Crippen LogP contribution in [0.25, 0.3) is 33.2 Å². The highest BCUT2D eigenvalue weighted by Crippen LogP contribution is 2.39. The summed E-state index contributed by atoms with van der Waals surface area (Å²) < 4.78 is 4.36. The number of nitrogens with two attached hydrogens (primary N) is 1. The first kappa shape index (κ1) is 27.2. The monoisotopic (exact) mass is 583 g/mol. The summed E-state index contributed by atoms with van der Waals surface area (Å²) in [6, 6.07) is 13.5. The van der Waals surface area contributed by atoms with E-state index in [1.807, 2.05) is 30.7 Å². The molecule has 3 N–H and O–H groups in total. The van der Waals surface area contributed by atoms with Crippen LogP contribution in [0.5, 0.6) is 0 Å². The minimum absolute atomic E-state index is 0.410. The number of piperazine rings is 1. The molecule has 10 heteroatoms. The van der Waals surface area contributed by atoms with Gasteiger partial charge in [0.2, 0.25) is 5.95 Å². The summed E-state index contributed by atoms with van der Waals surface area (Å²) in [5.74, 6) is 1.26. The van der Waals surface area contributed by atoms with Crippen molar-refractivity contribution in [1.82, 2.24) is 33.9 Å². The Morgan fingerprint density at radius 1 is 0.905 bits per heavy atom. The number of nitrogen functional groups attached to an aromatic ring is 1. The van der Waals surface area contributed by atoms with Crippen molar-refractivity contribution in [3.63, 3.8) is 0 Å². The number of aryl methyl sites for hydroxylation is 2. The number of anilines is 3. The zero-order valence-electron chi connectivity index (χ0n) is 24.5. The van der Waals surface area contributed by atoms with Gasteiger partial charge in [-0.1, -0.05) is 29.8 Å². The minimum atomic E-state index is 0.410. The predicted molar refractivity (Wildman–Crippen MR) is 171 cm³/mol. The molecule has 218 valence electrons. The Bertz CT molecular complexity index is 1740. The second-order valence-corrected chi connectivity index (χ2v) is 12.3. The number of imidazole rings is 1. The number of rotatable bonds is 5. The van der Waals surface area contributed by atoms with Gasteiger partial charge in [-0.15, -0.1) is 0 Å². The van der Waals surface area contributed by atoms with Gasteiger partial charge in [-0.25, -0.2) is 15.0 Å². The van der Waals surface area contributed by atoms with Crippen molar-refractivity contribution in [2.45, 2.75) is 44.7 Å². The Labute approximate surface area is 251 Å². The quantitative estimate of drug-likeness (QED) is 0.262. The van der Waals surface area contributed by atoms with Crippen LogP contribution in [0.1, 0.15) is 37.3 Å². The summed E-state index contributed by atoms with van der Waals surface area (Å²) in [4.78, 5) is 19.0. The van der Waals surface area contributed by atoms with Crippen molar-refractivity contribution in [3.05, 3.63) is 59.5 Å². The number of nitrogens with one attached hydrogen (secondary N) is 1. The van der Waals surface area contributed by atoms with Gasteiger partial charge < -0.3 is 25.1 Å². The van der Waals surface area contributed by atoms with Gasteiger partial charge in [0, 0.05) is 62.8 Å². The first-order chi connectivity index (χ1) is 20.4. The number of fused-ring (bicyclic) bond motifs is 2. The number of hydrogen-bond donors (Lipinski definition) is 2. The smallest absolute Gasteiger partial charge is 0.208 e. The van der Waals surface area contributed by atoms with Crippen LogP contribution < -0.4 is 11.1 Å². The van der Waals surface area contributed by atoms with Gasteiger partial charge in [-0.2, -0.15) is 0 Å². The summed E-state index contributed by atoms with van der Waals surface area (Å²) in [6.07, 6.45) is 8.57. The van der Waals surface area contributed by atoms with Crippen molar-refractivity contribution < 1.29 is 0 Å². The van der Waals surface area contributed by atoms with Crippen LogP contribution >= 0.6 is 11.6 Å². The third-order valence-corrected chi connectivity index (χ3v) is 9.85. The van der Waals surface area contributed by atoms with Crippen LogP contribution in [0, 0.1) is 6.92 Å². The molecular formula is C32H38ClN9. The normalized spacial score (nSPS) is 20.5. The maximum Gasteiger partial charge on any atom is 0.208 e. The van der Waals surface area contributed by atoms with Gasteiger partial charge in [-0.3, -0.25) is 4.90 Å². The van der Waals surface area contributed by atoms with E-state index < -0.39 is 0 Å². The van der Waals surface area contributed by atoms with E-state index in [1.165, 1.54) is 39.0 Å². The Balaban J connectivity index is 1.13. The van der Waals surface area contributed by atoms with Gasteiger partial charge >= 0.3 is 0 Å². The average molecular weight is 584 g/mol. The molecule has 1 aliphatic carbocycles. The summed E-state index contributed by atoms with van der Waals surface area (Å²) in [7, 11) is 4.20. The van der Waals surface area contributed by atoms with Gasteiger partial charge in [0.15, 0.2) is 0 Å². The SMILES string of the molecule is Cc1ccc2nc(Nc3ccc(-c4cn(C5CCC(N6CCN(C)CC6)CC5)c5ncnc(N)c45)cc3)n(C)c2c1Cl. The van der Waals surface area contributed by atoms with Crippen LogP contribution in [0.3, 0.4) is 0 Å². The number of benzene rings is 2. The number of likely N-dealkylation sites (N-methyl/N-ethyl adjacent to an activating group) is 1. The molecule has 0 atom stereocenters. The van der Waals surface area contributed by atoms with Crippen LogP contribution in [0.15, 0.2) is 48.9 Å². The molecule has 0 unspecified atom stereocenters. The summed E-state index contributed by atoms with van der Waals surface area (Å²) >= 11 is 6.59. The summed E-state index contributed by atoms with van der Waals surface area (Å²) in [6.45, 7) is 6.71. The zero-order valence-corrected chi connectivity index (χ0v) is 25.3. The molecule has 5 aromatic rings. The maximum absolute atomic E-state index is 6.59. The Morgan fingerprint density at radius 3 is 2.36 bits per heavy atom.